The van der Waals surface area contributed by atoms with Crippen LogP contribution in [0.4, 0.5) is 0 Å². The molecule has 1 fully saturated rings. The van der Waals surface area contributed by atoms with E-state index in [-0.39, 0.29) is 5.91 Å². The maximum atomic E-state index is 11.9. The van der Waals surface area contributed by atoms with Gasteiger partial charge in [-0.15, -0.1) is 11.3 Å². The fraction of sp³-hybridized carbons (Fsp3) is 0.500. The lowest BCUT2D eigenvalue weighted by molar-refractivity contribution is -0.140. The van der Waals surface area contributed by atoms with Crippen molar-refractivity contribution in [2.75, 3.05) is 26.2 Å². The van der Waals surface area contributed by atoms with E-state index < -0.39 is 6.10 Å². The van der Waals surface area contributed by atoms with Crippen LogP contribution >= 0.6 is 11.3 Å². The SMILES string of the molecule is O=C(C(O)c1cccs1)N1CCNCC1. The largest absolute Gasteiger partial charge is 0.378 e. The van der Waals surface area contributed by atoms with Crippen molar-refractivity contribution in [3.8, 4) is 0 Å². The molecule has 5 heteroatoms. The molecule has 1 saturated heterocycles. The number of hydrogen-bond donors (Lipinski definition) is 2. The topological polar surface area (TPSA) is 52.6 Å². The molecule has 1 atom stereocenters. The van der Waals surface area contributed by atoms with Crippen LogP contribution in [-0.2, 0) is 4.79 Å². The number of aliphatic hydroxyl groups excluding tert-OH is 1. The van der Waals surface area contributed by atoms with Crippen LogP contribution in [0.25, 0.3) is 0 Å². The zero-order chi connectivity index (χ0) is 10.7. The Balaban J connectivity index is 2.00. The van der Waals surface area contributed by atoms with Crippen LogP contribution in [-0.4, -0.2) is 42.1 Å². The summed E-state index contributed by atoms with van der Waals surface area (Å²) in [6.45, 7) is 2.98. The van der Waals surface area contributed by atoms with Gasteiger partial charge in [-0.2, -0.15) is 0 Å². The summed E-state index contributed by atoms with van der Waals surface area (Å²) in [5.41, 5.74) is 0. The zero-order valence-corrected chi connectivity index (χ0v) is 9.17. The average Bonchev–Trinajstić information content (AvgIpc) is 2.82. The third-order valence-electron chi connectivity index (χ3n) is 2.48. The predicted octanol–water partition coefficient (Wildman–Crippen LogP) is 0.213. The quantitative estimate of drug-likeness (QED) is 0.758. The first-order valence-corrected chi connectivity index (χ1v) is 5.88. The number of nitrogens with zero attached hydrogens (tertiary/aromatic N) is 1. The number of hydrogen-bond acceptors (Lipinski definition) is 4. The predicted molar refractivity (Wildman–Crippen MR) is 58.7 cm³/mol. The Kier molecular flexibility index (Phi) is 3.35. The number of aliphatic hydroxyl groups is 1. The molecule has 1 unspecified atom stereocenters. The van der Waals surface area contributed by atoms with Gasteiger partial charge in [0.2, 0.25) is 0 Å². The number of carbonyl (C=O) groups excluding carboxylic acids is 1. The van der Waals surface area contributed by atoms with E-state index in [0.717, 1.165) is 18.0 Å². The van der Waals surface area contributed by atoms with Crippen LogP contribution in [0, 0.1) is 0 Å². The van der Waals surface area contributed by atoms with Crippen LogP contribution < -0.4 is 5.32 Å². The highest BCUT2D eigenvalue weighted by Crippen LogP contribution is 2.20. The van der Waals surface area contributed by atoms with Crippen molar-refractivity contribution in [2.24, 2.45) is 0 Å². The molecule has 4 nitrogen and oxygen atoms in total. The molecular formula is C10H14N2O2S. The first kappa shape index (κ1) is 10.6. The van der Waals surface area contributed by atoms with Gasteiger partial charge in [-0.3, -0.25) is 4.79 Å². The van der Waals surface area contributed by atoms with Gasteiger partial charge in [0.15, 0.2) is 6.10 Å². The minimum Gasteiger partial charge on any atom is -0.378 e. The molecule has 0 aliphatic carbocycles. The molecule has 82 valence electrons. The Labute approximate surface area is 92.5 Å². The molecule has 1 amide bonds. The van der Waals surface area contributed by atoms with Gasteiger partial charge >= 0.3 is 0 Å². The van der Waals surface area contributed by atoms with E-state index in [0.29, 0.717) is 13.1 Å². The van der Waals surface area contributed by atoms with Crippen LogP contribution in [0.15, 0.2) is 17.5 Å². The molecule has 2 N–H and O–H groups in total. The number of rotatable bonds is 2. The van der Waals surface area contributed by atoms with Crippen molar-refractivity contribution in [1.82, 2.24) is 10.2 Å². The molecule has 1 aromatic heterocycles. The molecule has 1 aliphatic rings. The second-order valence-corrected chi connectivity index (χ2v) is 4.47. The molecule has 1 aromatic rings. The minimum atomic E-state index is -0.983. The van der Waals surface area contributed by atoms with E-state index in [1.165, 1.54) is 11.3 Å². The smallest absolute Gasteiger partial charge is 0.256 e. The van der Waals surface area contributed by atoms with Crippen molar-refractivity contribution in [1.29, 1.82) is 0 Å². The summed E-state index contributed by atoms with van der Waals surface area (Å²) >= 11 is 1.41. The van der Waals surface area contributed by atoms with Crippen molar-refractivity contribution >= 4 is 17.2 Å². The number of amides is 1. The lowest BCUT2D eigenvalue weighted by Gasteiger charge is -2.28. The maximum Gasteiger partial charge on any atom is 0.256 e. The van der Waals surface area contributed by atoms with Crippen LogP contribution in [0.3, 0.4) is 0 Å². The lowest BCUT2D eigenvalue weighted by atomic mass is 10.2. The van der Waals surface area contributed by atoms with Gasteiger partial charge in [0.05, 0.1) is 0 Å². The van der Waals surface area contributed by atoms with Gasteiger partial charge < -0.3 is 15.3 Å². The van der Waals surface area contributed by atoms with E-state index in [2.05, 4.69) is 5.32 Å². The Hall–Kier alpha value is -0.910. The second-order valence-electron chi connectivity index (χ2n) is 3.49. The first-order valence-electron chi connectivity index (χ1n) is 5.00. The van der Waals surface area contributed by atoms with Crippen molar-refractivity contribution in [3.05, 3.63) is 22.4 Å². The van der Waals surface area contributed by atoms with Gasteiger partial charge in [0.25, 0.3) is 5.91 Å². The number of nitrogens with one attached hydrogen (secondary N) is 1. The summed E-state index contributed by atoms with van der Waals surface area (Å²) in [4.78, 5) is 14.3. The summed E-state index contributed by atoms with van der Waals surface area (Å²) in [6.07, 6.45) is -0.983. The molecule has 0 saturated carbocycles. The van der Waals surface area contributed by atoms with Crippen molar-refractivity contribution in [3.63, 3.8) is 0 Å². The van der Waals surface area contributed by atoms with Gasteiger partial charge in [-0.05, 0) is 11.4 Å². The summed E-state index contributed by atoms with van der Waals surface area (Å²) in [5.74, 6) is -0.182. The van der Waals surface area contributed by atoms with E-state index in [4.69, 9.17) is 0 Å². The third-order valence-corrected chi connectivity index (χ3v) is 3.40. The van der Waals surface area contributed by atoms with Crippen LogP contribution in [0.1, 0.15) is 11.0 Å². The fourth-order valence-corrected chi connectivity index (χ4v) is 2.33. The van der Waals surface area contributed by atoms with Gasteiger partial charge in [-0.25, -0.2) is 0 Å². The second kappa shape index (κ2) is 4.74. The fourth-order valence-electron chi connectivity index (χ4n) is 1.63. The molecule has 0 radical (unpaired) electrons. The van der Waals surface area contributed by atoms with Gasteiger partial charge in [0.1, 0.15) is 0 Å². The summed E-state index contributed by atoms with van der Waals surface area (Å²) in [5, 5.41) is 14.9. The van der Waals surface area contributed by atoms with E-state index in [9.17, 15) is 9.90 Å². The highest BCUT2D eigenvalue weighted by molar-refractivity contribution is 7.10. The third kappa shape index (κ3) is 2.37. The van der Waals surface area contributed by atoms with Gasteiger partial charge in [0, 0.05) is 31.1 Å². The average molecular weight is 226 g/mol. The number of piperazine rings is 1. The first-order chi connectivity index (χ1) is 7.29. The van der Waals surface area contributed by atoms with E-state index in [1.54, 1.807) is 11.0 Å². The monoisotopic (exact) mass is 226 g/mol. The van der Waals surface area contributed by atoms with E-state index >= 15 is 0 Å². The van der Waals surface area contributed by atoms with Crippen LogP contribution in [0.2, 0.25) is 0 Å². The Morgan fingerprint density at radius 2 is 2.27 bits per heavy atom. The molecular weight excluding hydrogens is 212 g/mol. The van der Waals surface area contributed by atoms with Gasteiger partial charge in [-0.1, -0.05) is 6.07 Å². The minimum absolute atomic E-state index is 0.182. The highest BCUT2D eigenvalue weighted by atomic mass is 32.1. The van der Waals surface area contributed by atoms with Crippen molar-refractivity contribution in [2.45, 2.75) is 6.10 Å². The lowest BCUT2D eigenvalue weighted by Crippen LogP contribution is -2.47. The van der Waals surface area contributed by atoms with Crippen LogP contribution in [0.5, 0.6) is 0 Å². The Bertz CT molecular complexity index is 320. The molecule has 2 heterocycles. The maximum absolute atomic E-state index is 11.9. The zero-order valence-electron chi connectivity index (χ0n) is 8.35. The molecule has 0 bridgehead atoms. The molecule has 1 aliphatic heterocycles. The molecule has 0 spiro atoms. The molecule has 15 heavy (non-hydrogen) atoms. The highest BCUT2D eigenvalue weighted by Gasteiger charge is 2.25. The molecule has 0 aromatic carbocycles. The van der Waals surface area contributed by atoms with Crippen molar-refractivity contribution < 1.29 is 9.90 Å². The normalized spacial score (nSPS) is 18.9. The van der Waals surface area contributed by atoms with E-state index in [1.807, 2.05) is 11.4 Å². The standard InChI is InChI=1S/C10H14N2O2S/c13-9(8-2-1-7-15-8)10(14)12-5-3-11-4-6-12/h1-2,7,9,11,13H,3-6H2. The Morgan fingerprint density at radius 1 is 1.53 bits per heavy atom. The number of carbonyl (C=O) groups is 1. The number of thiophene rings is 1. The Morgan fingerprint density at radius 3 is 2.87 bits per heavy atom. The summed E-state index contributed by atoms with van der Waals surface area (Å²) < 4.78 is 0. The summed E-state index contributed by atoms with van der Waals surface area (Å²) in [7, 11) is 0. The summed E-state index contributed by atoms with van der Waals surface area (Å²) in [6, 6.07) is 3.63. The molecule has 2 rings (SSSR count).